The van der Waals surface area contributed by atoms with Crippen LogP contribution in [0.5, 0.6) is 0 Å². The lowest BCUT2D eigenvalue weighted by atomic mass is 9.99. The SMILES string of the molecule is CS[C@H]1[C@H](O)CNC(CO)[C@H]1O. The molecule has 72 valence electrons. The molecule has 1 heterocycles. The Hall–Kier alpha value is 0.190. The third-order valence-corrected chi connectivity index (χ3v) is 3.32. The molecule has 0 aromatic rings. The number of aliphatic hydroxyl groups is 3. The van der Waals surface area contributed by atoms with Crippen molar-refractivity contribution in [3.63, 3.8) is 0 Å². The highest BCUT2D eigenvalue weighted by atomic mass is 32.2. The highest BCUT2D eigenvalue weighted by Gasteiger charge is 2.36. The molecule has 4 nitrogen and oxygen atoms in total. The minimum Gasteiger partial charge on any atom is -0.395 e. The zero-order valence-electron chi connectivity index (χ0n) is 6.97. The Labute approximate surface area is 76.0 Å². The summed E-state index contributed by atoms with van der Waals surface area (Å²) in [7, 11) is 0. The summed E-state index contributed by atoms with van der Waals surface area (Å²) in [6, 6.07) is -0.300. The lowest BCUT2D eigenvalue weighted by Crippen LogP contribution is -2.59. The second kappa shape index (κ2) is 4.43. The first kappa shape index (κ1) is 10.3. The molecule has 0 spiro atoms. The summed E-state index contributed by atoms with van der Waals surface area (Å²) in [4.78, 5) is 0. The minimum atomic E-state index is -0.672. The summed E-state index contributed by atoms with van der Waals surface area (Å²) in [5.41, 5.74) is 0. The molecule has 0 aliphatic carbocycles. The van der Waals surface area contributed by atoms with Gasteiger partial charge in [-0.05, 0) is 6.26 Å². The summed E-state index contributed by atoms with van der Waals surface area (Å²) < 4.78 is 0. The molecule has 0 aromatic carbocycles. The van der Waals surface area contributed by atoms with Crippen LogP contribution in [-0.2, 0) is 0 Å². The fourth-order valence-corrected chi connectivity index (χ4v) is 2.31. The van der Waals surface area contributed by atoms with Crippen molar-refractivity contribution in [3.8, 4) is 0 Å². The predicted molar refractivity (Wildman–Crippen MR) is 48.2 cm³/mol. The largest absolute Gasteiger partial charge is 0.395 e. The molecule has 0 bridgehead atoms. The molecule has 0 aromatic heterocycles. The van der Waals surface area contributed by atoms with Crippen LogP contribution in [0.4, 0.5) is 0 Å². The molecule has 1 fully saturated rings. The lowest BCUT2D eigenvalue weighted by Gasteiger charge is -2.37. The molecule has 4 atom stereocenters. The van der Waals surface area contributed by atoms with Crippen LogP contribution in [0.2, 0.25) is 0 Å². The average molecular weight is 193 g/mol. The monoisotopic (exact) mass is 193 g/mol. The molecule has 1 rings (SSSR count). The number of rotatable bonds is 2. The van der Waals surface area contributed by atoms with Gasteiger partial charge >= 0.3 is 0 Å². The predicted octanol–water partition coefficient (Wildman–Crippen LogP) is -1.60. The average Bonchev–Trinajstić information content (AvgIpc) is 2.06. The van der Waals surface area contributed by atoms with Gasteiger partial charge in [0.25, 0.3) is 0 Å². The Morgan fingerprint density at radius 1 is 1.50 bits per heavy atom. The summed E-state index contributed by atoms with van der Waals surface area (Å²) in [6.45, 7) is 0.346. The van der Waals surface area contributed by atoms with Crippen molar-refractivity contribution in [2.45, 2.75) is 23.5 Å². The molecule has 1 saturated heterocycles. The van der Waals surface area contributed by atoms with Gasteiger partial charge in [-0.1, -0.05) is 0 Å². The summed E-state index contributed by atoms with van der Waals surface area (Å²) in [5.74, 6) is 0. The maximum Gasteiger partial charge on any atom is 0.0859 e. The van der Waals surface area contributed by atoms with E-state index in [0.29, 0.717) is 6.54 Å². The van der Waals surface area contributed by atoms with Crippen LogP contribution in [-0.4, -0.2) is 58.2 Å². The Morgan fingerprint density at radius 3 is 2.67 bits per heavy atom. The van der Waals surface area contributed by atoms with Gasteiger partial charge in [-0.25, -0.2) is 0 Å². The van der Waals surface area contributed by atoms with Crippen LogP contribution in [0.1, 0.15) is 0 Å². The molecule has 0 amide bonds. The summed E-state index contributed by atoms with van der Waals surface area (Å²) in [5, 5.41) is 30.5. The zero-order chi connectivity index (χ0) is 9.14. The molecule has 5 heteroatoms. The normalized spacial score (nSPS) is 43.0. The fraction of sp³-hybridized carbons (Fsp3) is 1.00. The van der Waals surface area contributed by atoms with Gasteiger partial charge < -0.3 is 20.6 Å². The molecule has 0 radical (unpaired) electrons. The number of thioether (sulfide) groups is 1. The van der Waals surface area contributed by atoms with Crippen molar-refractivity contribution in [1.29, 1.82) is 0 Å². The number of hydrogen-bond acceptors (Lipinski definition) is 5. The number of hydrogen-bond donors (Lipinski definition) is 4. The van der Waals surface area contributed by atoms with Crippen molar-refractivity contribution < 1.29 is 15.3 Å². The maximum atomic E-state index is 9.60. The molecule has 1 unspecified atom stereocenters. The highest BCUT2D eigenvalue weighted by molar-refractivity contribution is 7.99. The first-order valence-electron chi connectivity index (χ1n) is 3.94. The lowest BCUT2D eigenvalue weighted by molar-refractivity contribution is 0.0135. The van der Waals surface area contributed by atoms with Gasteiger partial charge in [0.1, 0.15) is 0 Å². The van der Waals surface area contributed by atoms with Crippen molar-refractivity contribution in [1.82, 2.24) is 5.32 Å². The number of β-amino-alcohol motifs (C(OH)–C–C–N with tert-alkyl or cyclic N) is 1. The van der Waals surface area contributed by atoms with E-state index in [1.807, 2.05) is 6.26 Å². The van der Waals surface area contributed by atoms with Crippen molar-refractivity contribution in [3.05, 3.63) is 0 Å². The van der Waals surface area contributed by atoms with Gasteiger partial charge in [-0.15, -0.1) is 0 Å². The van der Waals surface area contributed by atoms with Crippen LogP contribution in [0.3, 0.4) is 0 Å². The van der Waals surface area contributed by atoms with Crippen molar-refractivity contribution in [2.75, 3.05) is 19.4 Å². The van der Waals surface area contributed by atoms with E-state index in [2.05, 4.69) is 5.32 Å². The first-order valence-corrected chi connectivity index (χ1v) is 5.22. The smallest absolute Gasteiger partial charge is 0.0859 e. The van der Waals surface area contributed by atoms with Gasteiger partial charge in [-0.3, -0.25) is 0 Å². The molecule has 4 N–H and O–H groups in total. The van der Waals surface area contributed by atoms with E-state index in [-0.39, 0.29) is 17.9 Å². The van der Waals surface area contributed by atoms with E-state index >= 15 is 0 Å². The Balaban J connectivity index is 2.56. The third-order valence-electron chi connectivity index (χ3n) is 2.19. The van der Waals surface area contributed by atoms with Crippen LogP contribution < -0.4 is 5.32 Å². The van der Waals surface area contributed by atoms with Crippen LogP contribution in [0, 0.1) is 0 Å². The van der Waals surface area contributed by atoms with Gasteiger partial charge in [0.05, 0.1) is 30.1 Å². The van der Waals surface area contributed by atoms with Gasteiger partial charge in [0.15, 0.2) is 0 Å². The number of aliphatic hydroxyl groups excluding tert-OH is 3. The molecular formula is C7H15NO3S. The molecule has 12 heavy (non-hydrogen) atoms. The summed E-state index contributed by atoms with van der Waals surface area (Å²) in [6.07, 6.45) is 0.642. The Kier molecular flexibility index (Phi) is 3.79. The van der Waals surface area contributed by atoms with Crippen LogP contribution in [0.15, 0.2) is 0 Å². The summed E-state index contributed by atoms with van der Waals surface area (Å²) >= 11 is 1.43. The number of piperidine rings is 1. The van der Waals surface area contributed by atoms with E-state index in [0.717, 1.165) is 0 Å². The Morgan fingerprint density at radius 2 is 2.17 bits per heavy atom. The molecule has 1 aliphatic rings. The quantitative estimate of drug-likeness (QED) is 0.425. The maximum absolute atomic E-state index is 9.60. The van der Waals surface area contributed by atoms with Gasteiger partial charge in [0.2, 0.25) is 0 Å². The van der Waals surface area contributed by atoms with E-state index in [4.69, 9.17) is 5.11 Å². The molecule has 0 saturated carbocycles. The highest BCUT2D eigenvalue weighted by Crippen LogP contribution is 2.21. The molecular weight excluding hydrogens is 178 g/mol. The Bertz CT molecular complexity index is 147. The first-order chi connectivity index (χ1) is 5.70. The second-order valence-corrected chi connectivity index (χ2v) is 3.97. The van der Waals surface area contributed by atoms with Crippen LogP contribution in [0.25, 0.3) is 0 Å². The zero-order valence-corrected chi connectivity index (χ0v) is 7.79. The standard InChI is InChI=1S/C7H15NO3S/c1-12-7-5(10)2-8-4(3-9)6(7)11/h4-11H,2-3H2,1H3/t4?,5-,6-,7+/m1/s1. The van der Waals surface area contributed by atoms with E-state index in [1.165, 1.54) is 11.8 Å². The molecule has 1 aliphatic heterocycles. The second-order valence-electron chi connectivity index (χ2n) is 2.96. The van der Waals surface area contributed by atoms with Gasteiger partial charge in [0, 0.05) is 6.54 Å². The van der Waals surface area contributed by atoms with Crippen molar-refractivity contribution in [2.24, 2.45) is 0 Å². The minimum absolute atomic E-state index is 0.0923. The number of nitrogens with one attached hydrogen (secondary N) is 1. The van der Waals surface area contributed by atoms with Crippen molar-refractivity contribution >= 4 is 11.8 Å². The van der Waals surface area contributed by atoms with E-state index in [9.17, 15) is 10.2 Å². The topological polar surface area (TPSA) is 72.7 Å². The fourth-order valence-electron chi connectivity index (χ4n) is 1.43. The third kappa shape index (κ3) is 1.92. The van der Waals surface area contributed by atoms with Gasteiger partial charge in [-0.2, -0.15) is 11.8 Å². The van der Waals surface area contributed by atoms with E-state index in [1.54, 1.807) is 0 Å². The van der Waals surface area contributed by atoms with Crippen LogP contribution >= 0.6 is 11.8 Å². The van der Waals surface area contributed by atoms with E-state index < -0.39 is 12.2 Å².